The number of hydrogen-bond donors (Lipinski definition) is 1. The van der Waals surface area contributed by atoms with E-state index < -0.39 is 12.1 Å². The predicted octanol–water partition coefficient (Wildman–Crippen LogP) is 3.69. The van der Waals surface area contributed by atoms with Crippen LogP contribution in [0.3, 0.4) is 0 Å². The van der Waals surface area contributed by atoms with Gasteiger partial charge in [0.25, 0.3) is 0 Å². The zero-order chi connectivity index (χ0) is 16.6. The van der Waals surface area contributed by atoms with Crippen molar-refractivity contribution in [3.8, 4) is 0 Å². The second-order valence-corrected chi connectivity index (χ2v) is 7.06. The second kappa shape index (κ2) is 5.68. The maximum absolute atomic E-state index is 12.0. The normalized spacial score (nSPS) is 21.7. The minimum atomic E-state index is -0.952. The molecule has 1 aromatic heterocycles. The first-order valence-electron chi connectivity index (χ1n) is 7.72. The lowest BCUT2D eigenvalue weighted by molar-refractivity contribution is 0.0579. The molecule has 1 aliphatic rings. The molecule has 0 saturated heterocycles. The Morgan fingerprint density at radius 3 is 2.57 bits per heavy atom. The Kier molecular flexibility index (Phi) is 3.83. The van der Waals surface area contributed by atoms with E-state index in [0.29, 0.717) is 5.89 Å². The van der Waals surface area contributed by atoms with Gasteiger partial charge in [-0.05, 0) is 17.4 Å². The summed E-state index contributed by atoms with van der Waals surface area (Å²) in [6, 6.07) is 9.48. The number of carboxylic acid groups (broad SMARTS) is 1. The van der Waals surface area contributed by atoms with Gasteiger partial charge < -0.3 is 9.63 Å². The van der Waals surface area contributed by atoms with Crippen LogP contribution in [0.4, 0.5) is 4.79 Å². The van der Waals surface area contributed by atoms with Crippen LogP contribution in [0.5, 0.6) is 0 Å². The van der Waals surface area contributed by atoms with Gasteiger partial charge in [-0.3, -0.25) is 4.90 Å². The molecule has 1 N–H and O–H groups in total. The third kappa shape index (κ3) is 3.06. The summed E-state index contributed by atoms with van der Waals surface area (Å²) in [5.41, 5.74) is 0.816. The predicted molar refractivity (Wildman–Crippen MR) is 83.9 cm³/mol. The van der Waals surface area contributed by atoms with Crippen molar-refractivity contribution in [2.45, 2.75) is 45.2 Å². The van der Waals surface area contributed by atoms with Gasteiger partial charge in [0.15, 0.2) is 6.33 Å². The highest BCUT2D eigenvalue weighted by Crippen LogP contribution is 2.50. The van der Waals surface area contributed by atoms with Crippen molar-refractivity contribution in [3.05, 3.63) is 48.1 Å². The lowest BCUT2D eigenvalue weighted by Crippen LogP contribution is -2.42. The average Bonchev–Trinajstić information content (AvgIpc) is 3.09. The Hall–Kier alpha value is -2.37. The van der Waals surface area contributed by atoms with Crippen LogP contribution in [0.1, 0.15) is 50.6 Å². The summed E-state index contributed by atoms with van der Waals surface area (Å²) in [4.78, 5) is 17.6. The van der Waals surface area contributed by atoms with Crippen LogP contribution < -0.4 is 0 Å². The third-order valence-electron chi connectivity index (χ3n) is 4.27. The monoisotopic (exact) mass is 315 g/mol. The molecule has 122 valence electrons. The minimum absolute atomic E-state index is 0.0639. The molecule has 23 heavy (non-hydrogen) atoms. The number of amides is 1. The van der Waals surface area contributed by atoms with E-state index in [1.807, 2.05) is 51.1 Å². The molecule has 0 bridgehead atoms. The van der Waals surface area contributed by atoms with Gasteiger partial charge in [0.1, 0.15) is 6.04 Å². The fraction of sp³-hybridized carbons (Fsp3) is 0.471. The number of benzene rings is 1. The van der Waals surface area contributed by atoms with E-state index in [-0.39, 0.29) is 17.4 Å². The second-order valence-electron chi connectivity index (χ2n) is 7.06. The third-order valence-corrected chi connectivity index (χ3v) is 4.27. The molecule has 6 nitrogen and oxygen atoms in total. The summed E-state index contributed by atoms with van der Waals surface area (Å²) in [5, 5.41) is 13.5. The Morgan fingerprint density at radius 2 is 2.04 bits per heavy atom. The first-order valence-corrected chi connectivity index (χ1v) is 7.72. The summed E-state index contributed by atoms with van der Waals surface area (Å²) in [7, 11) is 0. The Morgan fingerprint density at radius 1 is 1.35 bits per heavy atom. The van der Waals surface area contributed by atoms with Crippen LogP contribution in [-0.2, 0) is 0 Å². The quantitative estimate of drug-likeness (QED) is 0.930. The molecule has 3 rings (SSSR count). The van der Waals surface area contributed by atoms with E-state index in [4.69, 9.17) is 4.52 Å². The number of carbonyl (C=O) groups is 1. The van der Waals surface area contributed by atoms with Gasteiger partial charge in [0, 0.05) is 12.0 Å². The Bertz CT molecular complexity index is 664. The summed E-state index contributed by atoms with van der Waals surface area (Å²) < 4.78 is 5.21. The van der Waals surface area contributed by atoms with Gasteiger partial charge in [0.05, 0.1) is 0 Å². The van der Waals surface area contributed by atoms with Crippen molar-refractivity contribution in [2.24, 2.45) is 5.41 Å². The Balaban J connectivity index is 1.91. The summed E-state index contributed by atoms with van der Waals surface area (Å²) in [6.45, 7) is 5.95. The van der Waals surface area contributed by atoms with Crippen molar-refractivity contribution in [1.82, 2.24) is 15.0 Å². The number of hydrogen-bond acceptors (Lipinski definition) is 4. The Labute approximate surface area is 135 Å². The molecule has 2 aromatic rings. The van der Waals surface area contributed by atoms with Crippen LogP contribution in [-0.4, -0.2) is 32.3 Å². The van der Waals surface area contributed by atoms with E-state index >= 15 is 0 Å². The molecule has 1 fully saturated rings. The van der Waals surface area contributed by atoms with Crippen molar-refractivity contribution in [3.63, 3.8) is 0 Å². The molecule has 0 radical (unpaired) electrons. The van der Waals surface area contributed by atoms with Crippen LogP contribution in [0.15, 0.2) is 41.2 Å². The minimum Gasteiger partial charge on any atom is -0.465 e. The van der Waals surface area contributed by atoms with E-state index in [1.165, 1.54) is 16.8 Å². The van der Waals surface area contributed by atoms with E-state index in [9.17, 15) is 9.90 Å². The number of rotatable bonds is 4. The average molecular weight is 315 g/mol. The molecular weight excluding hydrogens is 294 g/mol. The van der Waals surface area contributed by atoms with Gasteiger partial charge >= 0.3 is 6.09 Å². The van der Waals surface area contributed by atoms with Gasteiger partial charge in [-0.15, -0.1) is 0 Å². The lowest BCUT2D eigenvalue weighted by Gasteiger charge is -2.36. The molecule has 6 heteroatoms. The summed E-state index contributed by atoms with van der Waals surface area (Å²) in [5.74, 6) is 0.568. The van der Waals surface area contributed by atoms with E-state index in [1.54, 1.807) is 0 Å². The lowest BCUT2D eigenvalue weighted by atomic mass is 9.85. The van der Waals surface area contributed by atoms with Gasteiger partial charge in [0.2, 0.25) is 5.89 Å². The van der Waals surface area contributed by atoms with Crippen molar-refractivity contribution in [2.75, 3.05) is 0 Å². The van der Waals surface area contributed by atoms with Crippen molar-refractivity contribution in [1.29, 1.82) is 0 Å². The number of aromatic nitrogens is 2. The molecule has 1 unspecified atom stereocenters. The highest BCUT2D eigenvalue weighted by molar-refractivity contribution is 5.67. The van der Waals surface area contributed by atoms with E-state index in [0.717, 1.165) is 6.42 Å². The fourth-order valence-corrected chi connectivity index (χ4v) is 3.20. The molecule has 0 aliphatic heterocycles. The smallest absolute Gasteiger partial charge is 0.408 e. The van der Waals surface area contributed by atoms with Crippen LogP contribution in [0.25, 0.3) is 0 Å². The molecule has 1 aromatic carbocycles. The van der Waals surface area contributed by atoms with E-state index in [2.05, 4.69) is 10.1 Å². The summed E-state index contributed by atoms with van der Waals surface area (Å²) >= 11 is 0. The van der Waals surface area contributed by atoms with Gasteiger partial charge in [-0.25, -0.2) is 4.79 Å². The van der Waals surface area contributed by atoms with Crippen LogP contribution in [0, 0.1) is 5.41 Å². The highest BCUT2D eigenvalue weighted by Gasteiger charge is 2.51. The molecule has 1 amide bonds. The first-order chi connectivity index (χ1) is 10.9. The number of nitrogens with zero attached hydrogens (tertiary/aromatic N) is 3. The van der Waals surface area contributed by atoms with Crippen LogP contribution >= 0.6 is 0 Å². The van der Waals surface area contributed by atoms with Gasteiger partial charge in [-0.1, -0.05) is 56.3 Å². The summed E-state index contributed by atoms with van der Waals surface area (Å²) in [6.07, 6.45) is 1.18. The first kappa shape index (κ1) is 15.5. The topological polar surface area (TPSA) is 79.5 Å². The SMILES string of the molecule is CC(C)(C)C(c1ncno1)N(C(=O)O)[C@@H]1C[C@H]1c1ccccc1. The maximum atomic E-state index is 12.0. The highest BCUT2D eigenvalue weighted by atomic mass is 16.5. The molecular formula is C17H21N3O3. The van der Waals surface area contributed by atoms with Crippen molar-refractivity contribution >= 4 is 6.09 Å². The van der Waals surface area contributed by atoms with Crippen molar-refractivity contribution < 1.29 is 14.4 Å². The molecule has 1 heterocycles. The molecule has 3 atom stereocenters. The zero-order valence-electron chi connectivity index (χ0n) is 13.5. The largest absolute Gasteiger partial charge is 0.465 e. The standard InChI is InChI=1S/C17H21N3O3/c1-17(2,3)14(15-18-10-19-23-15)20(16(21)22)13-9-12(13)11-7-5-4-6-8-11/h4-8,10,12-14H,9H2,1-3H3,(H,21,22)/t12-,13+,14?/m0/s1. The van der Waals surface area contributed by atoms with Gasteiger partial charge in [-0.2, -0.15) is 4.98 Å². The molecule has 0 spiro atoms. The van der Waals surface area contributed by atoms with Crippen LogP contribution in [0.2, 0.25) is 0 Å². The zero-order valence-corrected chi connectivity index (χ0v) is 13.5. The fourth-order valence-electron chi connectivity index (χ4n) is 3.20. The molecule has 1 aliphatic carbocycles. The molecule has 1 saturated carbocycles. The maximum Gasteiger partial charge on any atom is 0.408 e.